The summed E-state index contributed by atoms with van der Waals surface area (Å²) in [5.74, 6) is 0.703. The zero-order valence-electron chi connectivity index (χ0n) is 12.7. The Morgan fingerprint density at radius 2 is 2.05 bits per heavy atom. The van der Waals surface area contributed by atoms with Gasteiger partial charge in [0.05, 0.1) is 5.25 Å². The van der Waals surface area contributed by atoms with Crippen molar-refractivity contribution in [1.82, 2.24) is 5.32 Å². The van der Waals surface area contributed by atoms with E-state index in [4.69, 9.17) is 0 Å². The first-order valence-corrected chi connectivity index (χ1v) is 9.25. The van der Waals surface area contributed by atoms with Gasteiger partial charge < -0.3 is 5.32 Å². The highest BCUT2D eigenvalue weighted by Crippen LogP contribution is 2.24. The minimum absolute atomic E-state index is 0.318. The molecule has 1 saturated carbocycles. The number of rotatable bonds is 5. The zero-order chi connectivity index (χ0) is 14.4. The van der Waals surface area contributed by atoms with E-state index in [9.17, 15) is 4.21 Å². The molecule has 0 heterocycles. The number of hydrogen-bond donors (Lipinski definition) is 1. The normalized spacial score (nSPS) is 25.1. The van der Waals surface area contributed by atoms with E-state index >= 15 is 0 Å². The third-order valence-corrected chi connectivity index (χ3v) is 6.01. The molecule has 0 aliphatic heterocycles. The Balaban J connectivity index is 2.04. The predicted octanol–water partition coefficient (Wildman–Crippen LogP) is 3.55. The molecule has 1 fully saturated rings. The SMILES string of the molecule is CCNC1CCCCCC1S(=O)Cc1cccc(C)c1. The molecule has 2 nitrogen and oxygen atoms in total. The molecule has 1 aliphatic rings. The van der Waals surface area contributed by atoms with Crippen LogP contribution in [0.4, 0.5) is 0 Å². The maximum Gasteiger partial charge on any atom is 0.0504 e. The summed E-state index contributed by atoms with van der Waals surface area (Å²) in [5.41, 5.74) is 2.46. The largest absolute Gasteiger partial charge is 0.313 e. The first-order chi connectivity index (χ1) is 9.70. The second kappa shape index (κ2) is 7.94. The summed E-state index contributed by atoms with van der Waals surface area (Å²) in [7, 11) is -0.771. The molecule has 3 heteroatoms. The summed E-state index contributed by atoms with van der Waals surface area (Å²) in [6.45, 7) is 5.22. The van der Waals surface area contributed by atoms with Gasteiger partial charge in [-0.2, -0.15) is 0 Å². The van der Waals surface area contributed by atoms with Gasteiger partial charge in [0.2, 0.25) is 0 Å². The van der Waals surface area contributed by atoms with Crippen molar-refractivity contribution in [3.63, 3.8) is 0 Å². The summed E-state index contributed by atoms with van der Waals surface area (Å²) in [5, 5.41) is 3.88. The van der Waals surface area contributed by atoms with Crippen molar-refractivity contribution in [2.45, 2.75) is 63.0 Å². The molecule has 112 valence electrons. The molecule has 0 radical (unpaired) electrons. The molecule has 0 amide bonds. The Labute approximate surface area is 125 Å². The third-order valence-electron chi connectivity index (χ3n) is 4.15. The molecule has 20 heavy (non-hydrogen) atoms. The molecule has 0 saturated heterocycles. The fourth-order valence-corrected chi connectivity index (χ4v) is 4.91. The quantitative estimate of drug-likeness (QED) is 0.841. The van der Waals surface area contributed by atoms with Gasteiger partial charge in [-0.05, 0) is 31.9 Å². The lowest BCUT2D eigenvalue weighted by atomic mass is 10.1. The number of benzene rings is 1. The highest BCUT2D eigenvalue weighted by atomic mass is 32.2. The van der Waals surface area contributed by atoms with Crippen molar-refractivity contribution < 1.29 is 4.21 Å². The second-order valence-electron chi connectivity index (χ2n) is 5.85. The van der Waals surface area contributed by atoms with Gasteiger partial charge in [0.1, 0.15) is 0 Å². The zero-order valence-corrected chi connectivity index (χ0v) is 13.5. The molecule has 2 rings (SSSR count). The van der Waals surface area contributed by atoms with Crippen molar-refractivity contribution >= 4 is 10.8 Å². The van der Waals surface area contributed by atoms with Crippen LogP contribution in [0.5, 0.6) is 0 Å². The first-order valence-electron chi connectivity index (χ1n) is 7.87. The molecule has 0 aromatic heterocycles. The molecule has 1 aliphatic carbocycles. The van der Waals surface area contributed by atoms with E-state index in [0.717, 1.165) is 13.0 Å². The molecule has 1 aromatic carbocycles. The van der Waals surface area contributed by atoms with E-state index in [1.165, 1.54) is 36.8 Å². The van der Waals surface area contributed by atoms with E-state index < -0.39 is 10.8 Å². The van der Waals surface area contributed by atoms with Crippen LogP contribution < -0.4 is 5.32 Å². The molecular weight excluding hydrogens is 266 g/mol. The fraction of sp³-hybridized carbons (Fsp3) is 0.647. The standard InChI is InChI=1S/C17H27NOS/c1-3-18-16-10-5-4-6-11-17(16)20(19)13-15-9-7-8-14(2)12-15/h7-9,12,16-18H,3-6,10-11,13H2,1-2H3. The lowest BCUT2D eigenvalue weighted by Gasteiger charge is -2.25. The summed E-state index contributed by atoms with van der Waals surface area (Å²) < 4.78 is 12.8. The Morgan fingerprint density at radius 3 is 2.80 bits per heavy atom. The van der Waals surface area contributed by atoms with Crippen LogP contribution in [0.1, 0.15) is 50.2 Å². The first kappa shape index (κ1) is 15.7. The minimum atomic E-state index is -0.771. The van der Waals surface area contributed by atoms with Crippen LogP contribution in [0, 0.1) is 6.92 Å². The maximum atomic E-state index is 12.8. The highest BCUT2D eigenvalue weighted by Gasteiger charge is 2.27. The number of hydrogen-bond acceptors (Lipinski definition) is 2. The third kappa shape index (κ3) is 4.42. The van der Waals surface area contributed by atoms with E-state index in [-0.39, 0.29) is 0 Å². The predicted molar refractivity (Wildman–Crippen MR) is 87.4 cm³/mol. The van der Waals surface area contributed by atoms with Crippen molar-refractivity contribution in [1.29, 1.82) is 0 Å². The molecule has 3 atom stereocenters. The molecule has 1 N–H and O–H groups in total. The topological polar surface area (TPSA) is 29.1 Å². The van der Waals surface area contributed by atoms with Crippen LogP contribution in [0.2, 0.25) is 0 Å². The maximum absolute atomic E-state index is 12.8. The van der Waals surface area contributed by atoms with Gasteiger partial charge in [-0.1, -0.05) is 56.0 Å². The van der Waals surface area contributed by atoms with Gasteiger partial charge in [0.15, 0.2) is 0 Å². The smallest absolute Gasteiger partial charge is 0.0504 e. The van der Waals surface area contributed by atoms with E-state index in [0.29, 0.717) is 17.0 Å². The van der Waals surface area contributed by atoms with Crippen molar-refractivity contribution in [3.05, 3.63) is 35.4 Å². The van der Waals surface area contributed by atoms with Gasteiger partial charge in [0.25, 0.3) is 0 Å². The van der Waals surface area contributed by atoms with E-state index in [1.54, 1.807) is 0 Å². The van der Waals surface area contributed by atoms with Crippen molar-refractivity contribution in [2.75, 3.05) is 6.54 Å². The molecule has 1 aromatic rings. The Hall–Kier alpha value is -0.670. The summed E-state index contributed by atoms with van der Waals surface area (Å²) in [6.07, 6.45) is 6.08. The van der Waals surface area contributed by atoms with Crippen molar-refractivity contribution in [3.8, 4) is 0 Å². The summed E-state index contributed by atoms with van der Waals surface area (Å²) in [6, 6.07) is 8.87. The van der Waals surface area contributed by atoms with Crippen LogP contribution in [-0.4, -0.2) is 22.0 Å². The molecule has 3 unspecified atom stereocenters. The van der Waals surface area contributed by atoms with Crippen LogP contribution in [-0.2, 0) is 16.6 Å². The average molecular weight is 293 g/mol. The van der Waals surface area contributed by atoms with Crippen LogP contribution in [0.25, 0.3) is 0 Å². The van der Waals surface area contributed by atoms with Crippen LogP contribution >= 0.6 is 0 Å². The minimum Gasteiger partial charge on any atom is -0.313 e. The monoisotopic (exact) mass is 293 g/mol. The summed E-state index contributed by atoms with van der Waals surface area (Å²) in [4.78, 5) is 0. The van der Waals surface area contributed by atoms with Gasteiger partial charge in [-0.3, -0.25) is 4.21 Å². The van der Waals surface area contributed by atoms with Gasteiger partial charge >= 0.3 is 0 Å². The molecule has 0 bridgehead atoms. The Kier molecular flexibility index (Phi) is 6.24. The highest BCUT2D eigenvalue weighted by molar-refractivity contribution is 7.84. The van der Waals surface area contributed by atoms with Crippen molar-refractivity contribution in [2.24, 2.45) is 0 Å². The Bertz CT molecular complexity index is 446. The number of aryl methyl sites for hydroxylation is 1. The molecule has 0 spiro atoms. The lowest BCUT2D eigenvalue weighted by Crippen LogP contribution is -2.41. The lowest BCUT2D eigenvalue weighted by molar-refractivity contribution is 0.474. The van der Waals surface area contributed by atoms with Gasteiger partial charge in [0, 0.05) is 22.6 Å². The molecular formula is C17H27NOS. The van der Waals surface area contributed by atoms with E-state index in [1.807, 2.05) is 0 Å². The van der Waals surface area contributed by atoms with Crippen LogP contribution in [0.15, 0.2) is 24.3 Å². The van der Waals surface area contributed by atoms with Crippen LogP contribution in [0.3, 0.4) is 0 Å². The van der Waals surface area contributed by atoms with E-state index in [2.05, 4.69) is 43.4 Å². The van der Waals surface area contributed by atoms with Gasteiger partial charge in [-0.15, -0.1) is 0 Å². The number of nitrogens with one attached hydrogen (secondary N) is 1. The average Bonchev–Trinajstić information content (AvgIpc) is 2.65. The Morgan fingerprint density at radius 1 is 1.25 bits per heavy atom. The summed E-state index contributed by atoms with van der Waals surface area (Å²) >= 11 is 0. The second-order valence-corrected chi connectivity index (χ2v) is 7.51. The fourth-order valence-electron chi connectivity index (χ4n) is 3.16. The van der Waals surface area contributed by atoms with Gasteiger partial charge in [-0.25, -0.2) is 0 Å².